The van der Waals surface area contributed by atoms with Crippen LogP contribution >= 0.6 is 0 Å². The molecular formula is C23H31N3O. The summed E-state index contributed by atoms with van der Waals surface area (Å²) in [7, 11) is 0. The van der Waals surface area contributed by atoms with Crippen LogP contribution in [0, 0.1) is 29.1 Å². The molecule has 0 spiro atoms. The third-order valence-electron chi connectivity index (χ3n) is 7.19. The van der Waals surface area contributed by atoms with Crippen LogP contribution in [0.4, 0.5) is 0 Å². The number of rotatable bonds is 7. The minimum atomic E-state index is 0.0281. The summed E-state index contributed by atoms with van der Waals surface area (Å²) < 4.78 is 0. The zero-order valence-electron chi connectivity index (χ0n) is 16.4. The van der Waals surface area contributed by atoms with Crippen molar-refractivity contribution < 1.29 is 4.79 Å². The van der Waals surface area contributed by atoms with Gasteiger partial charge in [0, 0.05) is 18.1 Å². The van der Waals surface area contributed by atoms with E-state index >= 15 is 0 Å². The second kappa shape index (κ2) is 7.64. The molecule has 1 amide bonds. The second-order valence-corrected chi connectivity index (χ2v) is 9.11. The van der Waals surface area contributed by atoms with E-state index in [1.807, 2.05) is 18.2 Å². The first-order chi connectivity index (χ1) is 13.1. The Balaban J connectivity index is 1.45. The summed E-state index contributed by atoms with van der Waals surface area (Å²) in [4.78, 5) is 15.4. The Bertz CT molecular complexity index is 673. The number of amides is 1. The zero-order valence-corrected chi connectivity index (χ0v) is 16.4. The monoisotopic (exact) mass is 365 g/mol. The van der Waals surface area contributed by atoms with Crippen LogP contribution in [-0.4, -0.2) is 29.4 Å². The number of hydrogen-bond donors (Lipinski definition) is 1. The van der Waals surface area contributed by atoms with Crippen molar-refractivity contribution in [1.82, 2.24) is 10.2 Å². The molecule has 5 rings (SSSR count). The van der Waals surface area contributed by atoms with Crippen LogP contribution in [0.1, 0.15) is 63.5 Å². The van der Waals surface area contributed by atoms with Crippen molar-refractivity contribution in [3.8, 4) is 6.07 Å². The maximum atomic E-state index is 13.3. The van der Waals surface area contributed by atoms with E-state index in [9.17, 15) is 4.79 Å². The normalized spacial score (nSPS) is 32.1. The molecule has 4 bridgehead atoms. The lowest BCUT2D eigenvalue weighted by atomic mass is 9.52. The lowest BCUT2D eigenvalue weighted by Gasteiger charge is -2.60. The Labute approximate surface area is 162 Å². The van der Waals surface area contributed by atoms with Gasteiger partial charge in [-0.1, -0.05) is 30.3 Å². The number of carbonyl (C=O) groups excluding carboxylic acids is 1. The Morgan fingerprint density at radius 1 is 1.19 bits per heavy atom. The minimum Gasteiger partial charge on any atom is -0.335 e. The van der Waals surface area contributed by atoms with Crippen LogP contribution in [0.5, 0.6) is 0 Å². The minimum absolute atomic E-state index is 0.0281. The average Bonchev–Trinajstić information content (AvgIpc) is 2.66. The average molecular weight is 366 g/mol. The fourth-order valence-electron chi connectivity index (χ4n) is 6.38. The van der Waals surface area contributed by atoms with E-state index in [2.05, 4.69) is 35.3 Å². The van der Waals surface area contributed by atoms with E-state index in [4.69, 9.17) is 5.26 Å². The number of benzene rings is 1. The lowest BCUT2D eigenvalue weighted by Crippen LogP contribution is -2.62. The number of nitrogens with one attached hydrogen (secondary N) is 1. The Kier molecular flexibility index (Phi) is 5.23. The summed E-state index contributed by atoms with van der Waals surface area (Å²) in [6, 6.07) is 12.7. The fraction of sp³-hybridized carbons (Fsp3) is 0.652. The maximum absolute atomic E-state index is 13.3. The highest BCUT2D eigenvalue weighted by molar-refractivity contribution is 5.79. The fourth-order valence-corrected chi connectivity index (χ4v) is 6.38. The SMILES string of the molecule is C[C@@H](NCC(=O)N(CCC#N)C12CC3CC(CC(C3)C1)C2)c1ccccc1. The number of nitrogens with zero attached hydrogens (tertiary/aromatic N) is 2. The zero-order chi connectivity index (χ0) is 18.9. The summed E-state index contributed by atoms with van der Waals surface area (Å²) >= 11 is 0. The molecule has 1 atom stereocenters. The molecule has 0 saturated heterocycles. The summed E-state index contributed by atoms with van der Waals surface area (Å²) in [5.74, 6) is 2.56. The molecule has 4 saturated carbocycles. The Hall–Kier alpha value is -1.86. The highest BCUT2D eigenvalue weighted by Gasteiger charge is 2.54. The van der Waals surface area contributed by atoms with Gasteiger partial charge >= 0.3 is 0 Å². The van der Waals surface area contributed by atoms with E-state index in [-0.39, 0.29) is 17.5 Å². The molecule has 0 radical (unpaired) electrons. The van der Waals surface area contributed by atoms with Crippen LogP contribution in [0.2, 0.25) is 0 Å². The van der Waals surface area contributed by atoms with Crippen molar-refractivity contribution >= 4 is 5.91 Å². The molecule has 144 valence electrons. The van der Waals surface area contributed by atoms with Crippen molar-refractivity contribution in [3.05, 3.63) is 35.9 Å². The van der Waals surface area contributed by atoms with Crippen LogP contribution < -0.4 is 5.32 Å². The van der Waals surface area contributed by atoms with Gasteiger partial charge in [-0.15, -0.1) is 0 Å². The lowest BCUT2D eigenvalue weighted by molar-refractivity contribution is -0.149. The predicted octanol–water partition coefficient (Wildman–Crippen LogP) is 4.05. The van der Waals surface area contributed by atoms with E-state index < -0.39 is 0 Å². The van der Waals surface area contributed by atoms with Crippen molar-refractivity contribution in [2.24, 2.45) is 17.8 Å². The maximum Gasteiger partial charge on any atom is 0.237 e. The topological polar surface area (TPSA) is 56.1 Å². The van der Waals surface area contributed by atoms with Gasteiger partial charge in [-0.2, -0.15) is 5.26 Å². The second-order valence-electron chi connectivity index (χ2n) is 9.11. The number of nitriles is 1. The van der Waals surface area contributed by atoms with Gasteiger partial charge in [-0.25, -0.2) is 0 Å². The molecular weight excluding hydrogens is 334 g/mol. The van der Waals surface area contributed by atoms with Gasteiger partial charge in [0.15, 0.2) is 0 Å². The van der Waals surface area contributed by atoms with Gasteiger partial charge in [0.2, 0.25) is 5.91 Å². The number of hydrogen-bond acceptors (Lipinski definition) is 3. The van der Waals surface area contributed by atoms with Gasteiger partial charge < -0.3 is 10.2 Å². The third-order valence-corrected chi connectivity index (χ3v) is 7.19. The van der Waals surface area contributed by atoms with E-state index in [1.54, 1.807) is 0 Å². The van der Waals surface area contributed by atoms with Crippen LogP contribution in [-0.2, 0) is 4.79 Å². The predicted molar refractivity (Wildman–Crippen MR) is 106 cm³/mol. The molecule has 0 unspecified atom stereocenters. The molecule has 1 aromatic rings. The molecule has 0 aromatic heterocycles. The highest BCUT2D eigenvalue weighted by atomic mass is 16.2. The van der Waals surface area contributed by atoms with Gasteiger partial charge in [-0.05, 0) is 68.8 Å². The number of carbonyl (C=O) groups is 1. The molecule has 4 aliphatic carbocycles. The highest BCUT2D eigenvalue weighted by Crippen LogP contribution is 2.57. The van der Waals surface area contributed by atoms with Gasteiger partial charge in [-0.3, -0.25) is 4.79 Å². The van der Waals surface area contributed by atoms with Gasteiger partial charge in [0.25, 0.3) is 0 Å². The van der Waals surface area contributed by atoms with E-state index in [0.717, 1.165) is 37.0 Å². The standard InChI is InChI=1S/C23H31N3O/c1-17(21-6-3-2-4-7-21)25-16-22(27)26(9-5-8-24)23-13-18-10-19(14-23)12-20(11-18)15-23/h2-4,6-7,17-20,25H,5,9-16H2,1H3/t17-,18?,19?,20?,23?/m1/s1. The van der Waals surface area contributed by atoms with E-state index in [0.29, 0.717) is 19.5 Å². The van der Waals surface area contributed by atoms with Crippen molar-refractivity contribution in [2.75, 3.05) is 13.1 Å². The smallest absolute Gasteiger partial charge is 0.237 e. The van der Waals surface area contributed by atoms with E-state index in [1.165, 1.54) is 24.8 Å². The van der Waals surface area contributed by atoms with Gasteiger partial charge in [0.1, 0.15) is 0 Å². The molecule has 4 nitrogen and oxygen atoms in total. The molecule has 1 N–H and O–H groups in total. The quantitative estimate of drug-likeness (QED) is 0.793. The molecule has 0 heterocycles. The summed E-state index contributed by atoms with van der Waals surface area (Å²) in [5, 5.41) is 12.6. The molecule has 0 aliphatic heterocycles. The van der Waals surface area contributed by atoms with Crippen LogP contribution in [0.25, 0.3) is 0 Å². The Morgan fingerprint density at radius 2 is 1.78 bits per heavy atom. The summed E-state index contributed by atoms with van der Waals surface area (Å²) in [5.41, 5.74) is 1.23. The van der Waals surface area contributed by atoms with Crippen molar-refractivity contribution in [3.63, 3.8) is 0 Å². The van der Waals surface area contributed by atoms with Crippen LogP contribution in [0.15, 0.2) is 30.3 Å². The molecule has 4 fully saturated rings. The summed E-state index contributed by atoms with van der Waals surface area (Å²) in [6.45, 7) is 3.04. The van der Waals surface area contributed by atoms with Crippen molar-refractivity contribution in [2.45, 2.75) is 63.5 Å². The molecule has 4 aliphatic rings. The van der Waals surface area contributed by atoms with Crippen molar-refractivity contribution in [1.29, 1.82) is 5.26 Å². The largest absolute Gasteiger partial charge is 0.335 e. The summed E-state index contributed by atoms with van der Waals surface area (Å²) in [6.07, 6.45) is 8.00. The molecule has 27 heavy (non-hydrogen) atoms. The molecule has 4 heteroatoms. The van der Waals surface area contributed by atoms with Crippen LogP contribution in [0.3, 0.4) is 0 Å². The Morgan fingerprint density at radius 3 is 2.33 bits per heavy atom. The molecule has 1 aromatic carbocycles. The first-order valence-corrected chi connectivity index (χ1v) is 10.6. The third kappa shape index (κ3) is 3.75. The van der Waals surface area contributed by atoms with Gasteiger partial charge in [0.05, 0.1) is 19.0 Å². The first kappa shape index (κ1) is 18.5. The first-order valence-electron chi connectivity index (χ1n) is 10.6.